The van der Waals surface area contributed by atoms with E-state index in [1.54, 1.807) is 11.3 Å². The number of nitrogens with zero attached hydrogens (tertiary/aromatic N) is 4. The summed E-state index contributed by atoms with van der Waals surface area (Å²) in [4.78, 5) is 4.53. The number of rotatable bonds is 3. The Morgan fingerprint density at radius 2 is 1.64 bits per heavy atom. The quantitative estimate of drug-likeness (QED) is 0.827. The van der Waals surface area contributed by atoms with Gasteiger partial charge < -0.3 is 4.90 Å². The lowest BCUT2D eigenvalue weighted by Crippen LogP contribution is -2.49. The van der Waals surface area contributed by atoms with E-state index in [9.17, 15) is 8.78 Å². The number of benzene rings is 1. The van der Waals surface area contributed by atoms with Crippen molar-refractivity contribution in [1.29, 1.82) is 0 Å². The summed E-state index contributed by atoms with van der Waals surface area (Å²) in [6.45, 7) is 2.88. The van der Waals surface area contributed by atoms with Crippen LogP contribution in [0.25, 0.3) is 10.6 Å². The van der Waals surface area contributed by atoms with Crippen molar-refractivity contribution in [3.05, 3.63) is 30.3 Å². The summed E-state index contributed by atoms with van der Waals surface area (Å²) in [6.07, 6.45) is 2.02. The number of aromatic nitrogens is 2. The Labute approximate surface area is 150 Å². The van der Waals surface area contributed by atoms with Crippen LogP contribution in [0.15, 0.2) is 30.3 Å². The average molecular weight is 364 g/mol. The molecule has 25 heavy (non-hydrogen) atoms. The minimum atomic E-state index is -2.46. The van der Waals surface area contributed by atoms with E-state index in [0.29, 0.717) is 19.1 Å². The van der Waals surface area contributed by atoms with E-state index in [1.165, 1.54) is 0 Å². The third-order valence-electron chi connectivity index (χ3n) is 5.22. The molecular weight excluding hydrogens is 342 g/mol. The smallest absolute Gasteiger partial charge is 0.250 e. The Morgan fingerprint density at radius 1 is 0.960 bits per heavy atom. The van der Waals surface area contributed by atoms with Gasteiger partial charge in [-0.2, -0.15) is 0 Å². The zero-order valence-corrected chi connectivity index (χ0v) is 14.9. The molecule has 0 aliphatic carbocycles. The predicted octanol–water partition coefficient (Wildman–Crippen LogP) is 3.91. The van der Waals surface area contributed by atoms with Crippen LogP contribution in [-0.4, -0.2) is 53.2 Å². The van der Waals surface area contributed by atoms with Crippen LogP contribution in [0, 0.1) is 0 Å². The lowest BCUT2D eigenvalue weighted by Gasteiger charge is -2.41. The summed E-state index contributed by atoms with van der Waals surface area (Å²) in [5.74, 6) is -2.46. The van der Waals surface area contributed by atoms with Gasteiger partial charge in [-0.1, -0.05) is 41.7 Å². The molecule has 2 aliphatic heterocycles. The second-order valence-electron chi connectivity index (χ2n) is 6.87. The van der Waals surface area contributed by atoms with E-state index >= 15 is 0 Å². The van der Waals surface area contributed by atoms with E-state index in [4.69, 9.17) is 0 Å². The molecule has 1 aromatic heterocycles. The fraction of sp³-hybridized carbons (Fsp3) is 0.556. The Bertz CT molecular complexity index is 688. The highest BCUT2D eigenvalue weighted by Gasteiger charge is 2.37. The zero-order valence-electron chi connectivity index (χ0n) is 14.1. The molecule has 0 spiro atoms. The predicted molar refractivity (Wildman–Crippen MR) is 96.3 cm³/mol. The zero-order chi connectivity index (χ0) is 17.3. The highest BCUT2D eigenvalue weighted by atomic mass is 32.1. The maximum Gasteiger partial charge on any atom is 0.250 e. The second kappa shape index (κ2) is 6.96. The maximum absolute atomic E-state index is 13.3. The van der Waals surface area contributed by atoms with Crippen LogP contribution in [0.5, 0.6) is 0 Å². The van der Waals surface area contributed by atoms with Crippen LogP contribution in [0.3, 0.4) is 0 Å². The molecule has 0 bridgehead atoms. The van der Waals surface area contributed by atoms with Crippen LogP contribution in [0.4, 0.5) is 13.9 Å². The molecule has 3 heterocycles. The molecule has 134 valence electrons. The van der Waals surface area contributed by atoms with Crippen molar-refractivity contribution in [1.82, 2.24) is 15.1 Å². The van der Waals surface area contributed by atoms with E-state index < -0.39 is 5.92 Å². The van der Waals surface area contributed by atoms with Gasteiger partial charge in [-0.15, -0.1) is 10.2 Å². The molecule has 2 fully saturated rings. The highest BCUT2D eigenvalue weighted by Crippen LogP contribution is 2.33. The Kier molecular flexibility index (Phi) is 4.69. The van der Waals surface area contributed by atoms with Gasteiger partial charge in [-0.05, 0) is 12.8 Å². The van der Waals surface area contributed by atoms with Crippen LogP contribution < -0.4 is 4.90 Å². The summed E-state index contributed by atoms with van der Waals surface area (Å²) < 4.78 is 26.6. The number of alkyl halides is 2. The molecule has 2 saturated heterocycles. The molecule has 1 aromatic carbocycles. The van der Waals surface area contributed by atoms with E-state index in [2.05, 4.69) is 20.0 Å². The Balaban J connectivity index is 1.34. The molecule has 7 heteroatoms. The van der Waals surface area contributed by atoms with Gasteiger partial charge in [0.15, 0.2) is 0 Å². The van der Waals surface area contributed by atoms with Gasteiger partial charge in [0.1, 0.15) is 5.01 Å². The van der Waals surface area contributed by atoms with E-state index in [1.807, 2.05) is 30.3 Å². The molecule has 4 nitrogen and oxygen atoms in total. The van der Waals surface area contributed by atoms with Crippen LogP contribution in [0.2, 0.25) is 0 Å². The van der Waals surface area contributed by atoms with Crippen molar-refractivity contribution < 1.29 is 8.78 Å². The standard InChI is InChI=1S/C18H22F2N4S/c19-18(20)8-12-23(13-9-18)15-6-10-24(11-7-15)17-22-21-16(25-17)14-4-2-1-3-5-14/h1-5,15H,6-13H2. The summed E-state index contributed by atoms with van der Waals surface area (Å²) in [5, 5.41) is 10.6. The van der Waals surface area contributed by atoms with Gasteiger partial charge in [0.2, 0.25) is 5.13 Å². The highest BCUT2D eigenvalue weighted by molar-refractivity contribution is 7.18. The first kappa shape index (κ1) is 16.8. The van der Waals surface area contributed by atoms with Crippen LogP contribution >= 0.6 is 11.3 Å². The summed E-state index contributed by atoms with van der Waals surface area (Å²) >= 11 is 1.62. The lowest BCUT2D eigenvalue weighted by molar-refractivity contribution is -0.0646. The van der Waals surface area contributed by atoms with Crippen molar-refractivity contribution in [2.75, 3.05) is 31.1 Å². The van der Waals surface area contributed by atoms with Gasteiger partial charge in [0, 0.05) is 50.6 Å². The first-order valence-electron chi connectivity index (χ1n) is 8.86. The fourth-order valence-electron chi connectivity index (χ4n) is 3.68. The van der Waals surface area contributed by atoms with E-state index in [0.717, 1.165) is 41.6 Å². The minimum Gasteiger partial charge on any atom is -0.347 e. The number of anilines is 1. The molecular formula is C18H22F2N4S. The Morgan fingerprint density at radius 3 is 2.32 bits per heavy atom. The third-order valence-corrected chi connectivity index (χ3v) is 6.25. The van der Waals surface area contributed by atoms with Gasteiger partial charge in [0.05, 0.1) is 0 Å². The molecule has 0 radical (unpaired) electrons. The lowest BCUT2D eigenvalue weighted by atomic mass is 9.99. The Hall–Kier alpha value is -1.60. The molecule has 0 atom stereocenters. The van der Waals surface area contributed by atoms with Crippen molar-refractivity contribution in [3.63, 3.8) is 0 Å². The van der Waals surface area contributed by atoms with Gasteiger partial charge in [0.25, 0.3) is 5.92 Å². The van der Waals surface area contributed by atoms with Crippen molar-refractivity contribution in [2.24, 2.45) is 0 Å². The first-order valence-corrected chi connectivity index (χ1v) is 9.68. The molecule has 4 rings (SSSR count). The second-order valence-corrected chi connectivity index (χ2v) is 7.82. The molecule has 0 amide bonds. The van der Waals surface area contributed by atoms with Crippen molar-refractivity contribution in [2.45, 2.75) is 37.6 Å². The average Bonchev–Trinajstić information content (AvgIpc) is 3.13. The van der Waals surface area contributed by atoms with E-state index in [-0.39, 0.29) is 12.8 Å². The minimum absolute atomic E-state index is 0.00402. The van der Waals surface area contributed by atoms with Gasteiger partial charge in [-0.25, -0.2) is 8.78 Å². The fourth-order valence-corrected chi connectivity index (χ4v) is 4.58. The van der Waals surface area contributed by atoms with Gasteiger partial charge >= 0.3 is 0 Å². The van der Waals surface area contributed by atoms with Crippen LogP contribution in [-0.2, 0) is 0 Å². The molecule has 2 aliphatic rings. The van der Waals surface area contributed by atoms with Crippen LogP contribution in [0.1, 0.15) is 25.7 Å². The third kappa shape index (κ3) is 3.82. The number of hydrogen-bond acceptors (Lipinski definition) is 5. The normalized spacial score (nSPS) is 22.2. The summed E-state index contributed by atoms with van der Waals surface area (Å²) in [6, 6.07) is 10.5. The van der Waals surface area contributed by atoms with Gasteiger partial charge in [-0.3, -0.25) is 4.90 Å². The molecule has 0 saturated carbocycles. The number of halogens is 2. The molecule has 0 N–H and O–H groups in total. The molecule has 2 aromatic rings. The number of piperidine rings is 2. The largest absolute Gasteiger partial charge is 0.347 e. The summed E-state index contributed by atoms with van der Waals surface area (Å²) in [5.41, 5.74) is 1.09. The maximum atomic E-state index is 13.3. The topological polar surface area (TPSA) is 32.3 Å². The molecule has 0 unspecified atom stereocenters. The van der Waals surface area contributed by atoms with Crippen molar-refractivity contribution in [3.8, 4) is 10.6 Å². The van der Waals surface area contributed by atoms with Crippen molar-refractivity contribution >= 4 is 16.5 Å². The SMILES string of the molecule is FC1(F)CCN(C2CCN(c3nnc(-c4ccccc4)s3)CC2)CC1. The number of hydrogen-bond donors (Lipinski definition) is 0. The first-order chi connectivity index (χ1) is 12.1. The number of likely N-dealkylation sites (tertiary alicyclic amines) is 1. The summed E-state index contributed by atoms with van der Waals surface area (Å²) in [7, 11) is 0. The monoisotopic (exact) mass is 364 g/mol.